The number of carboxylic acid groups (broad SMARTS) is 1. The first-order valence-electron chi connectivity index (χ1n) is 6.78. The fourth-order valence-electron chi connectivity index (χ4n) is 2.46. The summed E-state index contributed by atoms with van der Waals surface area (Å²) in [5.74, 6) is -4.16. The van der Waals surface area contributed by atoms with Gasteiger partial charge in [0, 0.05) is 24.7 Å². The zero-order valence-corrected chi connectivity index (χ0v) is 11.8. The highest BCUT2D eigenvalue weighted by atomic mass is 19.2. The van der Waals surface area contributed by atoms with Crippen molar-refractivity contribution in [3.63, 3.8) is 0 Å². The summed E-state index contributed by atoms with van der Waals surface area (Å²) in [6.45, 7) is 1.77. The van der Waals surface area contributed by atoms with Crippen LogP contribution in [0.25, 0.3) is 0 Å². The fraction of sp³-hybridized carbons (Fsp3) is 0.429. The Hall–Kier alpha value is -2.38. The fourth-order valence-corrected chi connectivity index (χ4v) is 2.46. The number of hydrogen-bond acceptors (Lipinski definition) is 3. The highest BCUT2D eigenvalue weighted by Crippen LogP contribution is 2.28. The van der Waals surface area contributed by atoms with Gasteiger partial charge in [-0.3, -0.25) is 4.79 Å². The molecular weight excluding hydrogens is 298 g/mol. The number of carbonyl (C=O) groups is 2. The van der Waals surface area contributed by atoms with Crippen molar-refractivity contribution in [3.8, 4) is 5.75 Å². The summed E-state index contributed by atoms with van der Waals surface area (Å²) in [6, 6.07) is 1.07. The van der Waals surface area contributed by atoms with Crippen LogP contribution in [0.15, 0.2) is 12.1 Å². The molecule has 1 aliphatic rings. The third kappa shape index (κ3) is 3.26. The average molecular weight is 314 g/mol. The molecule has 22 heavy (non-hydrogen) atoms. The Morgan fingerprint density at radius 3 is 2.55 bits per heavy atom. The minimum Gasteiger partial charge on any atom is -0.506 e. The first-order chi connectivity index (χ1) is 10.3. The Morgan fingerprint density at radius 2 is 1.91 bits per heavy atom. The van der Waals surface area contributed by atoms with Gasteiger partial charge >= 0.3 is 6.09 Å². The van der Waals surface area contributed by atoms with Gasteiger partial charge in [0.05, 0.1) is 11.6 Å². The zero-order chi connectivity index (χ0) is 16.4. The number of phenols is 1. The number of amides is 2. The average Bonchev–Trinajstić information content (AvgIpc) is 2.44. The smallest absolute Gasteiger partial charge is 0.407 e. The van der Waals surface area contributed by atoms with Crippen LogP contribution in [-0.4, -0.2) is 39.7 Å². The van der Waals surface area contributed by atoms with Crippen molar-refractivity contribution in [1.82, 2.24) is 4.90 Å². The van der Waals surface area contributed by atoms with Gasteiger partial charge in [-0.15, -0.1) is 0 Å². The van der Waals surface area contributed by atoms with Crippen molar-refractivity contribution in [2.75, 3.05) is 11.9 Å². The number of halogens is 2. The molecule has 0 bridgehead atoms. The van der Waals surface area contributed by atoms with E-state index in [1.165, 1.54) is 4.90 Å². The number of aromatic hydroxyl groups is 1. The zero-order valence-electron chi connectivity index (χ0n) is 11.8. The van der Waals surface area contributed by atoms with Crippen molar-refractivity contribution >= 4 is 17.7 Å². The molecule has 2 rings (SSSR count). The van der Waals surface area contributed by atoms with E-state index in [-0.39, 0.29) is 18.3 Å². The summed E-state index contributed by atoms with van der Waals surface area (Å²) in [5.41, 5.74) is -0.246. The van der Waals surface area contributed by atoms with E-state index in [2.05, 4.69) is 5.32 Å². The minimum atomic E-state index is -1.22. The quantitative estimate of drug-likeness (QED) is 0.731. The van der Waals surface area contributed by atoms with Crippen LogP contribution in [0, 0.1) is 17.6 Å². The molecule has 0 saturated carbocycles. The van der Waals surface area contributed by atoms with E-state index in [0.717, 1.165) is 0 Å². The molecule has 8 heteroatoms. The van der Waals surface area contributed by atoms with E-state index in [1.807, 2.05) is 0 Å². The lowest BCUT2D eigenvalue weighted by atomic mass is 9.93. The van der Waals surface area contributed by atoms with Crippen molar-refractivity contribution in [1.29, 1.82) is 0 Å². The summed E-state index contributed by atoms with van der Waals surface area (Å²) < 4.78 is 26.1. The van der Waals surface area contributed by atoms with Crippen LogP contribution in [0.1, 0.15) is 19.8 Å². The standard InChI is InChI=1S/C14H16F2N2O4/c1-7-2-3-8(6-18(7)14(21)22)13(20)17-11-4-9(15)10(16)5-12(11)19/h4-5,7-8,19H,2-3,6H2,1H3,(H,17,20)(H,21,22)/t7-,8?/m1/s1. The van der Waals surface area contributed by atoms with Gasteiger partial charge in [0.1, 0.15) is 5.75 Å². The molecule has 1 heterocycles. The second-order valence-electron chi connectivity index (χ2n) is 5.33. The lowest BCUT2D eigenvalue weighted by molar-refractivity contribution is -0.121. The number of benzene rings is 1. The number of phenolic OH excluding ortho intramolecular Hbond substituents is 1. The minimum absolute atomic E-state index is 0.0206. The van der Waals surface area contributed by atoms with E-state index in [1.54, 1.807) is 6.92 Å². The number of anilines is 1. The van der Waals surface area contributed by atoms with Crippen LogP contribution >= 0.6 is 0 Å². The second-order valence-corrected chi connectivity index (χ2v) is 5.33. The molecule has 6 nitrogen and oxygen atoms in total. The van der Waals surface area contributed by atoms with Gasteiger partial charge in [-0.1, -0.05) is 0 Å². The van der Waals surface area contributed by atoms with Gasteiger partial charge < -0.3 is 20.4 Å². The molecule has 1 saturated heterocycles. The molecule has 2 amide bonds. The van der Waals surface area contributed by atoms with Crippen LogP contribution in [0.4, 0.5) is 19.3 Å². The van der Waals surface area contributed by atoms with Crippen molar-refractivity contribution < 1.29 is 28.6 Å². The number of nitrogens with zero attached hydrogens (tertiary/aromatic N) is 1. The molecule has 0 aliphatic carbocycles. The normalized spacial score (nSPS) is 21.5. The molecule has 1 unspecified atom stereocenters. The van der Waals surface area contributed by atoms with Crippen LogP contribution in [-0.2, 0) is 4.79 Å². The maximum atomic E-state index is 13.1. The lowest BCUT2D eigenvalue weighted by Gasteiger charge is -2.35. The number of piperidine rings is 1. The molecule has 2 atom stereocenters. The molecule has 0 aromatic heterocycles. The van der Waals surface area contributed by atoms with Crippen molar-refractivity contribution in [3.05, 3.63) is 23.8 Å². The largest absolute Gasteiger partial charge is 0.506 e. The van der Waals surface area contributed by atoms with Crippen molar-refractivity contribution in [2.24, 2.45) is 5.92 Å². The molecule has 0 radical (unpaired) electrons. The molecule has 120 valence electrons. The van der Waals surface area contributed by atoms with Crippen molar-refractivity contribution in [2.45, 2.75) is 25.8 Å². The van der Waals surface area contributed by atoms with Gasteiger partial charge in [-0.25, -0.2) is 13.6 Å². The van der Waals surface area contributed by atoms with Crippen LogP contribution in [0.2, 0.25) is 0 Å². The molecule has 3 N–H and O–H groups in total. The first kappa shape index (κ1) is 16.0. The number of carbonyl (C=O) groups excluding carboxylic acids is 1. The summed E-state index contributed by atoms with van der Waals surface area (Å²) in [7, 11) is 0. The Kier molecular flexibility index (Phi) is 4.48. The first-order valence-corrected chi connectivity index (χ1v) is 6.78. The van der Waals surface area contributed by atoms with Gasteiger partial charge in [0.25, 0.3) is 0 Å². The summed E-state index contributed by atoms with van der Waals surface area (Å²) in [6.07, 6.45) is -0.115. The third-order valence-corrected chi connectivity index (χ3v) is 3.80. The summed E-state index contributed by atoms with van der Waals surface area (Å²) in [4.78, 5) is 24.4. The molecule has 0 spiro atoms. The van der Waals surface area contributed by atoms with Crippen LogP contribution in [0.3, 0.4) is 0 Å². The summed E-state index contributed by atoms with van der Waals surface area (Å²) in [5, 5.41) is 20.9. The summed E-state index contributed by atoms with van der Waals surface area (Å²) >= 11 is 0. The van der Waals surface area contributed by atoms with Gasteiger partial charge in [0.15, 0.2) is 11.6 Å². The van der Waals surface area contributed by atoms with E-state index in [0.29, 0.717) is 25.0 Å². The molecule has 1 fully saturated rings. The molecule has 1 aliphatic heterocycles. The van der Waals surface area contributed by atoms with Crippen LogP contribution in [0.5, 0.6) is 5.75 Å². The molecule has 1 aromatic rings. The number of likely N-dealkylation sites (tertiary alicyclic amines) is 1. The van der Waals surface area contributed by atoms with E-state index in [4.69, 9.17) is 5.11 Å². The highest BCUT2D eigenvalue weighted by Gasteiger charge is 2.32. The maximum Gasteiger partial charge on any atom is 0.407 e. The Morgan fingerprint density at radius 1 is 1.27 bits per heavy atom. The monoisotopic (exact) mass is 314 g/mol. The maximum absolute atomic E-state index is 13.1. The predicted octanol–water partition coefficient (Wildman–Crippen LogP) is 2.39. The predicted molar refractivity (Wildman–Crippen MR) is 73.6 cm³/mol. The molecule has 1 aromatic carbocycles. The third-order valence-electron chi connectivity index (χ3n) is 3.80. The Bertz CT molecular complexity index is 609. The van der Waals surface area contributed by atoms with Gasteiger partial charge in [-0.2, -0.15) is 0 Å². The second kappa shape index (κ2) is 6.17. The molecular formula is C14H16F2N2O4. The lowest BCUT2D eigenvalue weighted by Crippen LogP contribution is -2.47. The SMILES string of the molecule is C[C@@H]1CCC(C(=O)Nc2cc(F)c(F)cc2O)CN1C(=O)O. The van der Waals surface area contributed by atoms with E-state index >= 15 is 0 Å². The number of hydrogen-bond donors (Lipinski definition) is 3. The van der Waals surface area contributed by atoms with E-state index in [9.17, 15) is 23.5 Å². The Labute approximate surface area is 125 Å². The topological polar surface area (TPSA) is 89.9 Å². The number of rotatable bonds is 2. The van der Waals surface area contributed by atoms with Gasteiger partial charge in [0.2, 0.25) is 5.91 Å². The Balaban J connectivity index is 2.09. The van der Waals surface area contributed by atoms with Gasteiger partial charge in [-0.05, 0) is 19.8 Å². The number of nitrogens with one attached hydrogen (secondary N) is 1. The van der Waals surface area contributed by atoms with E-state index < -0.39 is 35.3 Å². The van der Waals surface area contributed by atoms with Crippen LogP contribution < -0.4 is 5.32 Å². The highest BCUT2D eigenvalue weighted by molar-refractivity contribution is 5.94.